The van der Waals surface area contributed by atoms with E-state index in [1.807, 2.05) is 25.1 Å². The summed E-state index contributed by atoms with van der Waals surface area (Å²) in [6, 6.07) is 7.49. The Morgan fingerprint density at radius 2 is 1.92 bits per heavy atom. The van der Waals surface area contributed by atoms with E-state index in [1.165, 1.54) is 6.07 Å². The lowest BCUT2D eigenvalue weighted by Crippen LogP contribution is -2.35. The van der Waals surface area contributed by atoms with Gasteiger partial charge in [-0.3, -0.25) is 9.69 Å². The van der Waals surface area contributed by atoms with Crippen molar-refractivity contribution in [3.8, 4) is 11.5 Å². The molecule has 1 aliphatic rings. The molecule has 1 fully saturated rings. The number of piperidine rings is 1. The van der Waals surface area contributed by atoms with E-state index in [0.717, 1.165) is 61.1 Å². The Morgan fingerprint density at radius 3 is 2.56 bits per heavy atom. The first-order chi connectivity index (χ1) is 12.1. The average molecular weight is 343 g/mol. The first-order valence-electron chi connectivity index (χ1n) is 8.59. The summed E-state index contributed by atoms with van der Waals surface area (Å²) in [5.74, 6) is 2.66. The first-order valence-corrected chi connectivity index (χ1v) is 8.59. The molecule has 25 heavy (non-hydrogen) atoms. The van der Waals surface area contributed by atoms with Gasteiger partial charge >= 0.3 is 0 Å². The Bertz CT molecular complexity index is 765. The largest absolute Gasteiger partial charge is 0.497 e. The maximum absolute atomic E-state index is 11.7. The van der Waals surface area contributed by atoms with Crippen molar-refractivity contribution in [3.63, 3.8) is 0 Å². The number of nitrogens with one attached hydrogen (secondary N) is 1. The molecule has 0 saturated carbocycles. The molecule has 0 radical (unpaired) electrons. The number of hydrogen-bond donors (Lipinski definition) is 1. The summed E-state index contributed by atoms with van der Waals surface area (Å²) in [6.45, 7) is 4.60. The van der Waals surface area contributed by atoms with Gasteiger partial charge in [-0.2, -0.15) is 0 Å². The van der Waals surface area contributed by atoms with Crippen LogP contribution in [0.5, 0.6) is 11.5 Å². The highest BCUT2D eigenvalue weighted by Gasteiger charge is 2.23. The number of rotatable bonds is 5. The quantitative estimate of drug-likeness (QED) is 0.903. The van der Waals surface area contributed by atoms with E-state index in [2.05, 4.69) is 14.9 Å². The van der Waals surface area contributed by atoms with Crippen LogP contribution in [0.2, 0.25) is 0 Å². The molecule has 2 aromatic rings. The van der Waals surface area contributed by atoms with E-state index < -0.39 is 0 Å². The monoisotopic (exact) mass is 343 g/mol. The number of aryl methyl sites for hydroxylation is 1. The number of H-pyrrole nitrogens is 1. The van der Waals surface area contributed by atoms with Crippen molar-refractivity contribution in [2.24, 2.45) is 0 Å². The maximum atomic E-state index is 11.7. The Morgan fingerprint density at radius 1 is 1.20 bits per heavy atom. The lowest BCUT2D eigenvalue weighted by molar-refractivity contribution is 0.196. The molecule has 0 unspecified atom stereocenters. The van der Waals surface area contributed by atoms with Crippen LogP contribution < -0.4 is 15.0 Å². The van der Waals surface area contributed by atoms with Crippen LogP contribution in [0.15, 0.2) is 29.1 Å². The van der Waals surface area contributed by atoms with Crippen molar-refractivity contribution in [1.29, 1.82) is 0 Å². The molecular formula is C19H25N3O3. The topological polar surface area (TPSA) is 67.5 Å². The predicted molar refractivity (Wildman–Crippen MR) is 96.4 cm³/mol. The van der Waals surface area contributed by atoms with Crippen LogP contribution in [0.1, 0.15) is 35.8 Å². The van der Waals surface area contributed by atoms with E-state index in [1.54, 1.807) is 14.2 Å². The molecular weight excluding hydrogens is 318 g/mol. The van der Waals surface area contributed by atoms with Crippen LogP contribution in [0.25, 0.3) is 0 Å². The second-order valence-corrected chi connectivity index (χ2v) is 6.57. The summed E-state index contributed by atoms with van der Waals surface area (Å²) < 4.78 is 10.7. The summed E-state index contributed by atoms with van der Waals surface area (Å²) in [5.41, 5.74) is 1.85. The van der Waals surface area contributed by atoms with Gasteiger partial charge in [-0.05, 0) is 44.0 Å². The zero-order valence-electron chi connectivity index (χ0n) is 15.0. The third-order valence-electron chi connectivity index (χ3n) is 4.60. The van der Waals surface area contributed by atoms with Gasteiger partial charge in [0, 0.05) is 36.8 Å². The molecule has 1 N–H and O–H groups in total. The normalized spacial score (nSPS) is 18.1. The molecule has 2 heterocycles. The smallest absolute Gasteiger partial charge is 0.251 e. The van der Waals surface area contributed by atoms with Crippen LogP contribution in [-0.2, 0) is 6.54 Å². The molecule has 0 amide bonds. The number of benzene rings is 1. The third kappa shape index (κ3) is 4.39. The van der Waals surface area contributed by atoms with Crippen molar-refractivity contribution in [3.05, 3.63) is 51.7 Å². The molecule has 134 valence electrons. The fraction of sp³-hybridized carbons (Fsp3) is 0.474. The summed E-state index contributed by atoms with van der Waals surface area (Å²) in [6.07, 6.45) is 2.13. The zero-order chi connectivity index (χ0) is 17.8. The molecule has 6 nitrogen and oxygen atoms in total. The van der Waals surface area contributed by atoms with Gasteiger partial charge in [0.05, 0.1) is 14.2 Å². The highest BCUT2D eigenvalue weighted by atomic mass is 16.5. The summed E-state index contributed by atoms with van der Waals surface area (Å²) in [4.78, 5) is 21.6. The van der Waals surface area contributed by atoms with E-state index in [9.17, 15) is 4.79 Å². The minimum Gasteiger partial charge on any atom is -0.497 e. The standard InChI is InChI=1S/C19H25N3O3/c1-13-7-18(23)21-19(20-13)15-5-4-6-22(12-15)11-14-8-16(24-2)10-17(9-14)25-3/h7-10,15H,4-6,11-12H2,1-3H3,(H,20,21,23)/t15-/m0/s1. The molecule has 1 atom stereocenters. The van der Waals surface area contributed by atoms with Crippen LogP contribution >= 0.6 is 0 Å². The molecule has 1 aromatic heterocycles. The summed E-state index contributed by atoms with van der Waals surface area (Å²) in [5, 5.41) is 0. The number of hydrogen-bond acceptors (Lipinski definition) is 5. The third-order valence-corrected chi connectivity index (χ3v) is 4.60. The average Bonchev–Trinajstić information content (AvgIpc) is 2.60. The Balaban J connectivity index is 1.74. The van der Waals surface area contributed by atoms with Gasteiger partial charge in [-0.25, -0.2) is 4.98 Å². The van der Waals surface area contributed by atoms with Crippen molar-refractivity contribution < 1.29 is 9.47 Å². The summed E-state index contributed by atoms with van der Waals surface area (Å²) in [7, 11) is 3.32. The molecule has 3 rings (SSSR count). The van der Waals surface area contributed by atoms with Gasteiger partial charge in [0.15, 0.2) is 0 Å². The van der Waals surface area contributed by atoms with Crippen LogP contribution in [0.4, 0.5) is 0 Å². The molecule has 6 heteroatoms. The number of methoxy groups -OCH3 is 2. The molecule has 0 aliphatic carbocycles. The van der Waals surface area contributed by atoms with Gasteiger partial charge in [0.25, 0.3) is 5.56 Å². The molecule has 1 aromatic carbocycles. The number of nitrogens with zero attached hydrogens (tertiary/aromatic N) is 2. The fourth-order valence-corrected chi connectivity index (χ4v) is 3.43. The Labute approximate surface area is 147 Å². The van der Waals surface area contributed by atoms with Crippen LogP contribution in [-0.4, -0.2) is 42.2 Å². The Hall–Kier alpha value is -2.34. The number of likely N-dealkylation sites (tertiary alicyclic amines) is 1. The molecule has 1 saturated heterocycles. The van der Waals surface area contributed by atoms with Gasteiger partial charge < -0.3 is 14.5 Å². The maximum Gasteiger partial charge on any atom is 0.251 e. The SMILES string of the molecule is COc1cc(CN2CCC[C@H](c3nc(C)cc(=O)[nH]3)C2)cc(OC)c1. The second-order valence-electron chi connectivity index (χ2n) is 6.57. The first kappa shape index (κ1) is 17.5. The van der Waals surface area contributed by atoms with Gasteiger partial charge in [0.1, 0.15) is 17.3 Å². The predicted octanol–water partition coefficient (Wildman–Crippen LogP) is 2.48. The van der Waals surface area contributed by atoms with Crippen molar-refractivity contribution in [2.45, 2.75) is 32.2 Å². The van der Waals surface area contributed by atoms with Crippen molar-refractivity contribution in [2.75, 3.05) is 27.3 Å². The highest BCUT2D eigenvalue weighted by Crippen LogP contribution is 2.27. The highest BCUT2D eigenvalue weighted by molar-refractivity contribution is 5.38. The fourth-order valence-electron chi connectivity index (χ4n) is 3.43. The minimum atomic E-state index is -0.0721. The Kier molecular flexibility index (Phi) is 5.38. The van der Waals surface area contributed by atoms with Gasteiger partial charge in [-0.1, -0.05) is 0 Å². The lowest BCUT2D eigenvalue weighted by atomic mass is 9.96. The lowest BCUT2D eigenvalue weighted by Gasteiger charge is -2.32. The minimum absolute atomic E-state index is 0.0721. The number of ether oxygens (including phenoxy) is 2. The zero-order valence-corrected chi connectivity index (χ0v) is 15.0. The molecule has 0 spiro atoms. The van der Waals surface area contributed by atoms with Gasteiger partial charge in [-0.15, -0.1) is 0 Å². The van der Waals surface area contributed by atoms with E-state index >= 15 is 0 Å². The van der Waals surface area contributed by atoms with E-state index in [4.69, 9.17) is 9.47 Å². The second kappa shape index (κ2) is 7.70. The molecule has 0 bridgehead atoms. The van der Waals surface area contributed by atoms with Crippen LogP contribution in [0.3, 0.4) is 0 Å². The van der Waals surface area contributed by atoms with Crippen LogP contribution in [0, 0.1) is 6.92 Å². The van der Waals surface area contributed by atoms with Crippen molar-refractivity contribution in [1.82, 2.24) is 14.9 Å². The van der Waals surface area contributed by atoms with Crippen molar-refractivity contribution >= 4 is 0 Å². The van der Waals surface area contributed by atoms with E-state index in [-0.39, 0.29) is 11.5 Å². The van der Waals surface area contributed by atoms with E-state index in [0.29, 0.717) is 0 Å². The summed E-state index contributed by atoms with van der Waals surface area (Å²) >= 11 is 0. The van der Waals surface area contributed by atoms with Gasteiger partial charge in [0.2, 0.25) is 0 Å². The molecule has 1 aliphatic heterocycles. The number of aromatic amines is 1. The number of aromatic nitrogens is 2.